The first kappa shape index (κ1) is 16.8. The number of piperazine rings is 1. The lowest BCUT2D eigenvalue weighted by atomic mass is 10.0. The molecule has 0 radical (unpaired) electrons. The van der Waals surface area contributed by atoms with E-state index in [0.29, 0.717) is 12.1 Å². The Labute approximate surface area is 149 Å². The molecule has 1 N–H and O–H groups in total. The minimum absolute atomic E-state index is 0.276. The van der Waals surface area contributed by atoms with Crippen LogP contribution in [0.25, 0.3) is 5.69 Å². The molecular weight excluding hydrogens is 312 g/mol. The fourth-order valence-corrected chi connectivity index (χ4v) is 4.41. The number of aliphatic hydroxyl groups is 1. The van der Waals surface area contributed by atoms with E-state index in [1.54, 1.807) is 0 Å². The number of aryl methyl sites for hydroxylation is 1. The fourth-order valence-electron chi connectivity index (χ4n) is 4.41. The zero-order valence-corrected chi connectivity index (χ0v) is 15.0. The van der Waals surface area contributed by atoms with E-state index in [0.717, 1.165) is 37.6 Å². The van der Waals surface area contributed by atoms with Crippen molar-refractivity contribution in [1.82, 2.24) is 19.4 Å². The lowest BCUT2D eigenvalue weighted by molar-refractivity contribution is 0.0333. The van der Waals surface area contributed by atoms with E-state index in [2.05, 4.69) is 43.6 Å². The Kier molecular flexibility index (Phi) is 4.88. The van der Waals surface area contributed by atoms with Crippen molar-refractivity contribution >= 4 is 0 Å². The number of hydrogen-bond acceptors (Lipinski definition) is 4. The number of fused-ring (bicyclic) bond motifs is 1. The van der Waals surface area contributed by atoms with Gasteiger partial charge in [0, 0.05) is 56.4 Å². The molecule has 0 spiro atoms. The summed E-state index contributed by atoms with van der Waals surface area (Å²) >= 11 is 0. The molecule has 4 rings (SSSR count). The average Bonchev–Trinajstić information content (AvgIpc) is 3.24. The largest absolute Gasteiger partial charge is 0.396 e. The van der Waals surface area contributed by atoms with Crippen molar-refractivity contribution < 1.29 is 5.11 Å². The normalized spacial score (nSPS) is 24.6. The van der Waals surface area contributed by atoms with Gasteiger partial charge in [0.25, 0.3) is 0 Å². The Balaban J connectivity index is 1.47. The maximum absolute atomic E-state index is 9.46. The number of hydrogen-bond donors (Lipinski definition) is 1. The van der Waals surface area contributed by atoms with Gasteiger partial charge in [-0.3, -0.25) is 9.80 Å². The molecule has 25 heavy (non-hydrogen) atoms. The van der Waals surface area contributed by atoms with Gasteiger partial charge in [-0.25, -0.2) is 4.98 Å². The maximum Gasteiger partial charge on any atom is 0.110 e. The van der Waals surface area contributed by atoms with Crippen LogP contribution in [-0.2, 0) is 6.54 Å². The maximum atomic E-state index is 9.46. The van der Waals surface area contributed by atoms with Crippen LogP contribution in [-0.4, -0.2) is 62.8 Å². The molecular formula is C20H28N4O. The van der Waals surface area contributed by atoms with E-state index >= 15 is 0 Å². The van der Waals surface area contributed by atoms with Gasteiger partial charge < -0.3 is 9.67 Å². The highest BCUT2D eigenvalue weighted by molar-refractivity contribution is 5.35. The van der Waals surface area contributed by atoms with Crippen LogP contribution in [0.5, 0.6) is 0 Å². The summed E-state index contributed by atoms with van der Waals surface area (Å²) in [5.74, 6) is 1.01. The standard InChI is InChI=1S/C20H28N4O/c1-16-21-9-11-24(16)18-6-4-17(5-7-18)13-23-15-19-3-2-10-22(19)14-20(23)8-12-25/h4-7,9,11,19-20,25H,2-3,8,10,12-15H2,1H3/t19-,20+/m1/s1. The summed E-state index contributed by atoms with van der Waals surface area (Å²) in [6.07, 6.45) is 7.35. The van der Waals surface area contributed by atoms with Gasteiger partial charge in [0.05, 0.1) is 0 Å². The molecule has 0 amide bonds. The third kappa shape index (κ3) is 3.50. The molecule has 5 nitrogen and oxygen atoms in total. The van der Waals surface area contributed by atoms with Crippen molar-refractivity contribution in [3.05, 3.63) is 48.0 Å². The first-order valence-corrected chi connectivity index (χ1v) is 9.43. The summed E-state index contributed by atoms with van der Waals surface area (Å²) < 4.78 is 2.11. The topological polar surface area (TPSA) is 44.5 Å². The predicted octanol–water partition coefficient (Wildman–Crippen LogP) is 2.21. The van der Waals surface area contributed by atoms with Crippen LogP contribution in [0.4, 0.5) is 0 Å². The monoisotopic (exact) mass is 340 g/mol. The second kappa shape index (κ2) is 7.28. The van der Waals surface area contributed by atoms with Gasteiger partial charge in [-0.05, 0) is 50.4 Å². The van der Waals surface area contributed by atoms with Crippen LogP contribution < -0.4 is 0 Å². The number of rotatable bonds is 5. The molecule has 5 heteroatoms. The summed E-state index contributed by atoms with van der Waals surface area (Å²) in [7, 11) is 0. The zero-order valence-electron chi connectivity index (χ0n) is 15.0. The first-order chi connectivity index (χ1) is 12.2. The summed E-state index contributed by atoms with van der Waals surface area (Å²) in [6.45, 7) is 6.75. The quantitative estimate of drug-likeness (QED) is 0.906. The number of nitrogens with zero attached hydrogens (tertiary/aromatic N) is 4. The van der Waals surface area contributed by atoms with E-state index in [-0.39, 0.29) is 6.61 Å². The van der Waals surface area contributed by atoms with Gasteiger partial charge in [-0.15, -0.1) is 0 Å². The van der Waals surface area contributed by atoms with Gasteiger partial charge >= 0.3 is 0 Å². The van der Waals surface area contributed by atoms with Crippen molar-refractivity contribution in [2.75, 3.05) is 26.2 Å². The molecule has 0 bridgehead atoms. The fraction of sp³-hybridized carbons (Fsp3) is 0.550. The molecule has 0 saturated carbocycles. The van der Waals surface area contributed by atoms with Crippen LogP contribution >= 0.6 is 0 Å². The molecule has 0 unspecified atom stereocenters. The van der Waals surface area contributed by atoms with Crippen molar-refractivity contribution in [1.29, 1.82) is 0 Å². The number of aliphatic hydroxyl groups excluding tert-OH is 1. The van der Waals surface area contributed by atoms with Crippen LogP contribution in [0.1, 0.15) is 30.7 Å². The molecule has 2 aliphatic heterocycles. The Morgan fingerprint density at radius 1 is 1.20 bits per heavy atom. The molecule has 3 heterocycles. The molecule has 2 fully saturated rings. The van der Waals surface area contributed by atoms with Crippen molar-refractivity contribution in [2.45, 2.75) is 44.8 Å². The van der Waals surface area contributed by atoms with Crippen molar-refractivity contribution in [3.8, 4) is 5.69 Å². The molecule has 1 aromatic heterocycles. The van der Waals surface area contributed by atoms with Crippen molar-refractivity contribution in [2.24, 2.45) is 0 Å². The number of imidazole rings is 1. The van der Waals surface area contributed by atoms with E-state index < -0.39 is 0 Å². The zero-order chi connectivity index (χ0) is 17.2. The molecule has 0 aliphatic carbocycles. The highest BCUT2D eigenvalue weighted by Gasteiger charge is 2.35. The SMILES string of the molecule is Cc1nccn1-c1ccc(CN2C[C@H]3CCCN3C[C@@H]2CCO)cc1. The van der Waals surface area contributed by atoms with Gasteiger partial charge in [0.15, 0.2) is 0 Å². The van der Waals surface area contributed by atoms with Gasteiger partial charge in [0.2, 0.25) is 0 Å². The minimum atomic E-state index is 0.276. The highest BCUT2D eigenvalue weighted by Crippen LogP contribution is 2.27. The molecule has 2 aliphatic rings. The first-order valence-electron chi connectivity index (χ1n) is 9.43. The highest BCUT2D eigenvalue weighted by atomic mass is 16.3. The number of aromatic nitrogens is 2. The molecule has 1 aromatic carbocycles. The molecule has 2 saturated heterocycles. The predicted molar refractivity (Wildman–Crippen MR) is 98.8 cm³/mol. The van der Waals surface area contributed by atoms with E-state index in [9.17, 15) is 5.11 Å². The van der Waals surface area contributed by atoms with Crippen molar-refractivity contribution in [3.63, 3.8) is 0 Å². The van der Waals surface area contributed by atoms with E-state index in [1.165, 1.54) is 24.9 Å². The summed E-state index contributed by atoms with van der Waals surface area (Å²) in [5.41, 5.74) is 2.50. The third-order valence-corrected chi connectivity index (χ3v) is 5.79. The molecule has 2 atom stereocenters. The minimum Gasteiger partial charge on any atom is -0.396 e. The van der Waals surface area contributed by atoms with Gasteiger partial charge in [-0.1, -0.05) is 12.1 Å². The Hall–Kier alpha value is -1.69. The van der Waals surface area contributed by atoms with E-state index in [4.69, 9.17) is 0 Å². The van der Waals surface area contributed by atoms with Gasteiger partial charge in [0.1, 0.15) is 5.82 Å². The lowest BCUT2D eigenvalue weighted by Gasteiger charge is -2.43. The van der Waals surface area contributed by atoms with E-state index in [1.807, 2.05) is 19.3 Å². The second-order valence-corrected chi connectivity index (χ2v) is 7.40. The van der Waals surface area contributed by atoms with Crippen LogP contribution in [0.15, 0.2) is 36.7 Å². The Morgan fingerprint density at radius 3 is 2.76 bits per heavy atom. The summed E-state index contributed by atoms with van der Waals surface area (Å²) in [4.78, 5) is 9.51. The smallest absolute Gasteiger partial charge is 0.110 e. The van der Waals surface area contributed by atoms with Gasteiger partial charge in [-0.2, -0.15) is 0 Å². The van der Waals surface area contributed by atoms with Crippen LogP contribution in [0, 0.1) is 6.92 Å². The molecule has 2 aromatic rings. The number of benzene rings is 1. The summed E-state index contributed by atoms with van der Waals surface area (Å²) in [6, 6.07) is 9.99. The Bertz CT molecular complexity index is 696. The molecule has 134 valence electrons. The lowest BCUT2D eigenvalue weighted by Crippen LogP contribution is -2.55. The second-order valence-electron chi connectivity index (χ2n) is 7.40. The third-order valence-electron chi connectivity index (χ3n) is 5.79. The Morgan fingerprint density at radius 2 is 2.04 bits per heavy atom. The average molecular weight is 340 g/mol. The summed E-state index contributed by atoms with van der Waals surface area (Å²) in [5, 5.41) is 9.46. The van der Waals surface area contributed by atoms with Crippen LogP contribution in [0.3, 0.4) is 0 Å². The van der Waals surface area contributed by atoms with Crippen LogP contribution in [0.2, 0.25) is 0 Å².